The molecular weight excluding hydrogens is 294 g/mol. The monoisotopic (exact) mass is 318 g/mol. The lowest BCUT2D eigenvalue weighted by molar-refractivity contribution is -0.921. The minimum Gasteiger partial charge on any atom is -0.493 e. The smallest absolute Gasteiger partial charge is 0.282 e. The molecule has 0 aliphatic carbocycles. The fourth-order valence-corrected chi connectivity index (χ4v) is 2.98. The lowest BCUT2D eigenvalue weighted by Gasteiger charge is -2.25. The molecule has 0 saturated carbocycles. The normalized spacial score (nSPS) is 21.2. The van der Waals surface area contributed by atoms with Crippen molar-refractivity contribution in [3.05, 3.63) is 24.1 Å². The van der Waals surface area contributed by atoms with E-state index in [1.54, 1.807) is 14.2 Å². The van der Waals surface area contributed by atoms with E-state index in [0.717, 1.165) is 18.0 Å². The fraction of sp³-hybridized carbons (Fsp3) is 0.529. The van der Waals surface area contributed by atoms with Crippen LogP contribution in [0.25, 0.3) is 11.4 Å². The van der Waals surface area contributed by atoms with E-state index >= 15 is 0 Å². The Morgan fingerprint density at radius 3 is 2.61 bits per heavy atom. The van der Waals surface area contributed by atoms with E-state index in [0.29, 0.717) is 23.2 Å². The number of aromatic nitrogens is 2. The average Bonchev–Trinajstić information content (AvgIpc) is 3.05. The van der Waals surface area contributed by atoms with Crippen molar-refractivity contribution < 1.29 is 18.9 Å². The maximum absolute atomic E-state index is 5.42. The third-order valence-electron chi connectivity index (χ3n) is 4.49. The summed E-state index contributed by atoms with van der Waals surface area (Å²) in [4.78, 5) is 6.05. The number of likely N-dealkylation sites (tertiary alicyclic amines) is 1. The Morgan fingerprint density at radius 2 is 1.91 bits per heavy atom. The molecule has 2 heterocycles. The van der Waals surface area contributed by atoms with Gasteiger partial charge >= 0.3 is 0 Å². The van der Waals surface area contributed by atoms with Crippen LogP contribution in [0.2, 0.25) is 0 Å². The summed E-state index contributed by atoms with van der Waals surface area (Å²) in [6.45, 7) is 5.47. The molecule has 0 atom stereocenters. The predicted molar refractivity (Wildman–Crippen MR) is 85.6 cm³/mol. The summed E-state index contributed by atoms with van der Waals surface area (Å²) in [6.07, 6.45) is 2.54. The van der Waals surface area contributed by atoms with Crippen molar-refractivity contribution in [2.24, 2.45) is 5.92 Å². The van der Waals surface area contributed by atoms with E-state index in [-0.39, 0.29) is 0 Å². The van der Waals surface area contributed by atoms with Gasteiger partial charge in [0.05, 0.1) is 27.3 Å². The highest BCUT2D eigenvalue weighted by molar-refractivity contribution is 5.60. The maximum atomic E-state index is 5.42. The van der Waals surface area contributed by atoms with E-state index in [1.807, 2.05) is 18.2 Å². The highest BCUT2D eigenvalue weighted by Gasteiger charge is 2.22. The minimum absolute atomic E-state index is 0.589. The quantitative estimate of drug-likeness (QED) is 0.907. The van der Waals surface area contributed by atoms with Crippen LogP contribution in [-0.2, 0) is 6.54 Å². The summed E-state index contributed by atoms with van der Waals surface area (Å²) in [7, 11) is 3.23. The van der Waals surface area contributed by atoms with E-state index in [1.165, 1.54) is 30.8 Å². The molecule has 1 N–H and O–H groups in total. The Kier molecular flexibility index (Phi) is 4.81. The second-order valence-corrected chi connectivity index (χ2v) is 6.19. The van der Waals surface area contributed by atoms with Gasteiger partial charge in [-0.25, -0.2) is 0 Å². The number of hydrogen-bond acceptors (Lipinski definition) is 5. The number of ether oxygens (including phenoxy) is 2. The molecule has 0 radical (unpaired) electrons. The third-order valence-corrected chi connectivity index (χ3v) is 4.49. The van der Waals surface area contributed by atoms with Gasteiger partial charge in [0.1, 0.15) is 0 Å². The Labute approximate surface area is 136 Å². The van der Waals surface area contributed by atoms with Crippen LogP contribution in [0.1, 0.15) is 25.7 Å². The molecule has 23 heavy (non-hydrogen) atoms. The Morgan fingerprint density at radius 1 is 1.17 bits per heavy atom. The molecule has 2 aromatic rings. The lowest BCUT2D eigenvalue weighted by atomic mass is 9.99. The van der Waals surface area contributed by atoms with Crippen molar-refractivity contribution in [1.82, 2.24) is 10.1 Å². The van der Waals surface area contributed by atoms with Crippen LogP contribution < -0.4 is 14.4 Å². The summed E-state index contributed by atoms with van der Waals surface area (Å²) in [5.74, 6) is 3.47. The molecule has 6 heteroatoms. The number of piperidine rings is 1. The molecule has 1 fully saturated rings. The Bertz CT molecular complexity index is 648. The summed E-state index contributed by atoms with van der Waals surface area (Å²) in [6, 6.07) is 5.62. The van der Waals surface area contributed by atoms with Gasteiger partial charge in [-0.15, -0.1) is 0 Å². The SMILES string of the molecule is COc1ccc(-c2noc(C[NH+]3CCC(C)CC3)n2)cc1OC. The van der Waals surface area contributed by atoms with Crippen molar-refractivity contribution in [3.8, 4) is 22.9 Å². The molecule has 3 rings (SSSR count). The van der Waals surface area contributed by atoms with Crippen LogP contribution in [0.15, 0.2) is 22.7 Å². The maximum Gasteiger partial charge on any atom is 0.282 e. The standard InChI is InChI=1S/C17H23N3O3/c1-12-6-8-20(9-7-12)11-16-18-17(19-23-16)13-4-5-14(21-2)15(10-13)22-3/h4-5,10,12H,6-9,11H2,1-3H3/p+1. The molecule has 124 valence electrons. The van der Waals surface area contributed by atoms with Crippen molar-refractivity contribution in [1.29, 1.82) is 0 Å². The Balaban J connectivity index is 1.71. The number of benzene rings is 1. The molecule has 1 aromatic carbocycles. The predicted octanol–water partition coefficient (Wildman–Crippen LogP) is 1.57. The summed E-state index contributed by atoms with van der Waals surface area (Å²) < 4.78 is 16.0. The zero-order chi connectivity index (χ0) is 16.2. The molecule has 0 amide bonds. The molecule has 0 bridgehead atoms. The van der Waals surface area contributed by atoms with Crippen molar-refractivity contribution in [2.75, 3.05) is 27.3 Å². The van der Waals surface area contributed by atoms with E-state index in [2.05, 4.69) is 17.1 Å². The van der Waals surface area contributed by atoms with Crippen LogP contribution in [0.3, 0.4) is 0 Å². The van der Waals surface area contributed by atoms with Gasteiger partial charge in [-0.2, -0.15) is 4.98 Å². The van der Waals surface area contributed by atoms with Crippen molar-refractivity contribution in [2.45, 2.75) is 26.3 Å². The second-order valence-electron chi connectivity index (χ2n) is 6.19. The molecule has 0 unspecified atom stereocenters. The zero-order valence-electron chi connectivity index (χ0n) is 14.0. The van der Waals surface area contributed by atoms with E-state index in [4.69, 9.17) is 14.0 Å². The molecule has 1 aliphatic rings. The van der Waals surface area contributed by atoms with Gasteiger partial charge in [0.2, 0.25) is 5.82 Å². The molecule has 6 nitrogen and oxygen atoms in total. The number of methoxy groups -OCH3 is 2. The fourth-order valence-electron chi connectivity index (χ4n) is 2.98. The topological polar surface area (TPSA) is 61.8 Å². The number of rotatable bonds is 5. The van der Waals surface area contributed by atoms with E-state index < -0.39 is 0 Å². The average molecular weight is 318 g/mol. The van der Waals surface area contributed by atoms with Crippen LogP contribution >= 0.6 is 0 Å². The van der Waals surface area contributed by atoms with Gasteiger partial charge in [0.25, 0.3) is 5.89 Å². The minimum atomic E-state index is 0.589. The van der Waals surface area contributed by atoms with Crippen molar-refractivity contribution in [3.63, 3.8) is 0 Å². The van der Waals surface area contributed by atoms with Gasteiger partial charge in [0.15, 0.2) is 18.0 Å². The van der Waals surface area contributed by atoms with Gasteiger partial charge in [-0.05, 0) is 37.0 Å². The van der Waals surface area contributed by atoms with Crippen molar-refractivity contribution >= 4 is 0 Å². The second kappa shape index (κ2) is 7.00. The summed E-state index contributed by atoms with van der Waals surface area (Å²) in [5.41, 5.74) is 0.861. The van der Waals surface area contributed by atoms with Gasteiger partial charge in [-0.1, -0.05) is 12.1 Å². The third kappa shape index (κ3) is 3.64. The molecule has 0 spiro atoms. The van der Waals surface area contributed by atoms with Gasteiger partial charge in [0, 0.05) is 5.56 Å². The first kappa shape index (κ1) is 15.8. The largest absolute Gasteiger partial charge is 0.493 e. The summed E-state index contributed by atoms with van der Waals surface area (Å²) >= 11 is 0. The van der Waals surface area contributed by atoms with Gasteiger partial charge < -0.3 is 18.9 Å². The lowest BCUT2D eigenvalue weighted by Crippen LogP contribution is -3.11. The van der Waals surface area contributed by atoms with E-state index in [9.17, 15) is 0 Å². The van der Waals surface area contributed by atoms with Crippen LogP contribution in [0, 0.1) is 5.92 Å². The zero-order valence-corrected chi connectivity index (χ0v) is 14.0. The summed E-state index contributed by atoms with van der Waals surface area (Å²) in [5, 5.41) is 4.10. The highest BCUT2D eigenvalue weighted by Crippen LogP contribution is 2.31. The Hall–Kier alpha value is -2.08. The first-order valence-corrected chi connectivity index (χ1v) is 8.08. The van der Waals surface area contributed by atoms with Crippen LogP contribution in [0.5, 0.6) is 11.5 Å². The molecule has 1 aliphatic heterocycles. The molecule has 1 saturated heterocycles. The number of nitrogens with one attached hydrogen (secondary N) is 1. The number of nitrogens with zero attached hydrogens (tertiary/aromatic N) is 2. The number of hydrogen-bond donors (Lipinski definition) is 1. The van der Waals surface area contributed by atoms with Crippen LogP contribution in [0.4, 0.5) is 0 Å². The highest BCUT2D eigenvalue weighted by atomic mass is 16.5. The first-order chi connectivity index (χ1) is 11.2. The van der Waals surface area contributed by atoms with Gasteiger partial charge in [-0.3, -0.25) is 0 Å². The molecular formula is C17H24N3O3+. The van der Waals surface area contributed by atoms with Crippen LogP contribution in [-0.4, -0.2) is 37.4 Å². The molecule has 1 aromatic heterocycles. The number of quaternary nitrogens is 1. The first-order valence-electron chi connectivity index (χ1n) is 8.08.